The molecular weight excluding hydrogens is 304 g/mol. The molecule has 0 saturated heterocycles. The molecule has 1 aliphatic rings. The first-order valence-corrected chi connectivity index (χ1v) is 8.09. The van der Waals surface area contributed by atoms with Gasteiger partial charge in [0.15, 0.2) is 6.10 Å². The number of hydrogen-bond acceptors (Lipinski definition) is 4. The zero-order chi connectivity index (χ0) is 17.1. The van der Waals surface area contributed by atoms with E-state index in [1.54, 1.807) is 38.3 Å². The Balaban J connectivity index is 1.68. The van der Waals surface area contributed by atoms with Crippen LogP contribution in [0, 0.1) is 0 Å². The molecule has 1 aliphatic carbocycles. The standard InChI is InChI=1S/C20H20O4/c1-13(24-20(22)15-8-10-18(23-2)11-9-15)19(21)17-7-6-14-4-3-5-16(14)12-17/h6-13H,3-5H2,1-2H3. The highest BCUT2D eigenvalue weighted by atomic mass is 16.5. The van der Waals surface area contributed by atoms with Gasteiger partial charge in [-0.1, -0.05) is 12.1 Å². The number of aryl methyl sites for hydroxylation is 2. The highest BCUT2D eigenvalue weighted by molar-refractivity contribution is 6.01. The lowest BCUT2D eigenvalue weighted by atomic mass is 10.0. The van der Waals surface area contributed by atoms with Crippen LogP contribution in [0.3, 0.4) is 0 Å². The number of rotatable bonds is 5. The van der Waals surface area contributed by atoms with Gasteiger partial charge in [0.1, 0.15) is 5.75 Å². The lowest BCUT2D eigenvalue weighted by Gasteiger charge is -2.13. The highest BCUT2D eigenvalue weighted by Crippen LogP contribution is 2.23. The molecule has 0 spiro atoms. The van der Waals surface area contributed by atoms with Crippen LogP contribution >= 0.6 is 0 Å². The number of carbonyl (C=O) groups excluding carboxylic acids is 2. The molecule has 2 aromatic rings. The maximum Gasteiger partial charge on any atom is 0.338 e. The first-order chi connectivity index (χ1) is 11.6. The van der Waals surface area contributed by atoms with Crippen LogP contribution in [0.25, 0.3) is 0 Å². The van der Waals surface area contributed by atoms with Crippen molar-refractivity contribution in [2.24, 2.45) is 0 Å². The summed E-state index contributed by atoms with van der Waals surface area (Å²) in [6.45, 7) is 1.61. The van der Waals surface area contributed by atoms with Gasteiger partial charge in [-0.15, -0.1) is 0 Å². The Hall–Kier alpha value is -2.62. The summed E-state index contributed by atoms with van der Waals surface area (Å²) >= 11 is 0. The van der Waals surface area contributed by atoms with E-state index in [1.165, 1.54) is 11.1 Å². The lowest BCUT2D eigenvalue weighted by molar-refractivity contribution is 0.0319. The molecule has 0 radical (unpaired) electrons. The summed E-state index contributed by atoms with van der Waals surface area (Å²) in [5.74, 6) is -0.0277. The van der Waals surface area contributed by atoms with Crippen molar-refractivity contribution in [1.29, 1.82) is 0 Å². The van der Waals surface area contributed by atoms with Crippen LogP contribution in [0.2, 0.25) is 0 Å². The van der Waals surface area contributed by atoms with Gasteiger partial charge in [-0.25, -0.2) is 4.79 Å². The van der Waals surface area contributed by atoms with Crippen LogP contribution in [0.1, 0.15) is 45.2 Å². The average Bonchev–Trinajstić information content (AvgIpc) is 3.08. The fourth-order valence-corrected chi connectivity index (χ4v) is 2.97. The van der Waals surface area contributed by atoms with Crippen LogP contribution in [-0.4, -0.2) is 25.0 Å². The van der Waals surface area contributed by atoms with Crippen LogP contribution in [0.15, 0.2) is 42.5 Å². The van der Waals surface area contributed by atoms with Gasteiger partial charge in [0.05, 0.1) is 12.7 Å². The third-order valence-corrected chi connectivity index (χ3v) is 4.36. The van der Waals surface area contributed by atoms with Crippen LogP contribution in [0.4, 0.5) is 0 Å². The zero-order valence-electron chi connectivity index (χ0n) is 13.9. The number of fused-ring (bicyclic) bond motifs is 1. The molecule has 2 aromatic carbocycles. The van der Waals surface area contributed by atoms with Crippen LogP contribution in [0.5, 0.6) is 5.75 Å². The molecule has 0 N–H and O–H groups in total. The van der Waals surface area contributed by atoms with Gasteiger partial charge >= 0.3 is 5.97 Å². The Labute approximate surface area is 141 Å². The zero-order valence-corrected chi connectivity index (χ0v) is 13.9. The SMILES string of the molecule is COc1ccc(C(=O)OC(C)C(=O)c2ccc3c(c2)CCC3)cc1. The Morgan fingerprint density at radius 2 is 1.62 bits per heavy atom. The Morgan fingerprint density at radius 3 is 2.33 bits per heavy atom. The van der Waals surface area contributed by atoms with Gasteiger partial charge < -0.3 is 9.47 Å². The molecule has 0 bridgehead atoms. The van der Waals surface area contributed by atoms with Gasteiger partial charge in [0.2, 0.25) is 5.78 Å². The van der Waals surface area contributed by atoms with Crippen molar-refractivity contribution in [2.45, 2.75) is 32.3 Å². The fourth-order valence-electron chi connectivity index (χ4n) is 2.97. The van der Waals surface area contributed by atoms with E-state index < -0.39 is 12.1 Å². The summed E-state index contributed by atoms with van der Waals surface area (Å²) in [4.78, 5) is 24.7. The number of carbonyl (C=O) groups is 2. The minimum Gasteiger partial charge on any atom is -0.497 e. The predicted molar refractivity (Wildman–Crippen MR) is 90.7 cm³/mol. The minimum absolute atomic E-state index is 0.174. The van der Waals surface area contributed by atoms with Gasteiger partial charge in [-0.2, -0.15) is 0 Å². The van der Waals surface area contributed by atoms with Gasteiger partial charge in [-0.05, 0) is 67.6 Å². The van der Waals surface area contributed by atoms with E-state index in [0.29, 0.717) is 16.9 Å². The second-order valence-corrected chi connectivity index (χ2v) is 5.98. The van der Waals surface area contributed by atoms with E-state index in [0.717, 1.165) is 19.3 Å². The molecule has 1 atom stereocenters. The van der Waals surface area contributed by atoms with Gasteiger partial charge in [-0.3, -0.25) is 4.79 Å². The molecule has 0 fully saturated rings. The number of benzene rings is 2. The summed E-state index contributed by atoms with van der Waals surface area (Å²) in [7, 11) is 1.56. The highest BCUT2D eigenvalue weighted by Gasteiger charge is 2.22. The van der Waals surface area contributed by atoms with E-state index in [4.69, 9.17) is 9.47 Å². The van der Waals surface area contributed by atoms with Crippen molar-refractivity contribution in [3.05, 3.63) is 64.7 Å². The molecule has 0 aromatic heterocycles. The molecule has 1 unspecified atom stereocenters. The number of hydrogen-bond donors (Lipinski definition) is 0. The molecule has 0 amide bonds. The second kappa shape index (κ2) is 6.87. The quantitative estimate of drug-likeness (QED) is 0.623. The average molecular weight is 324 g/mol. The van der Waals surface area contributed by atoms with Crippen molar-refractivity contribution >= 4 is 11.8 Å². The van der Waals surface area contributed by atoms with Crippen molar-refractivity contribution in [1.82, 2.24) is 0 Å². The van der Waals surface area contributed by atoms with Gasteiger partial charge in [0.25, 0.3) is 0 Å². The van der Waals surface area contributed by atoms with Crippen molar-refractivity contribution in [3.8, 4) is 5.75 Å². The van der Waals surface area contributed by atoms with E-state index in [-0.39, 0.29) is 5.78 Å². The Morgan fingerprint density at radius 1 is 0.958 bits per heavy atom. The van der Waals surface area contributed by atoms with E-state index in [9.17, 15) is 9.59 Å². The third-order valence-electron chi connectivity index (χ3n) is 4.36. The summed E-state index contributed by atoms with van der Waals surface area (Å²) in [5, 5.41) is 0. The Bertz CT molecular complexity index is 762. The molecule has 24 heavy (non-hydrogen) atoms. The molecular formula is C20H20O4. The number of ketones is 1. The maximum atomic E-state index is 12.5. The summed E-state index contributed by atoms with van der Waals surface area (Å²) in [6.07, 6.45) is 2.40. The summed E-state index contributed by atoms with van der Waals surface area (Å²) < 4.78 is 10.4. The molecule has 4 heteroatoms. The molecule has 4 nitrogen and oxygen atoms in total. The van der Waals surface area contributed by atoms with Crippen molar-refractivity contribution in [3.63, 3.8) is 0 Å². The van der Waals surface area contributed by atoms with Crippen LogP contribution < -0.4 is 4.74 Å². The first-order valence-electron chi connectivity index (χ1n) is 8.09. The van der Waals surface area contributed by atoms with Crippen molar-refractivity contribution < 1.29 is 19.1 Å². The lowest BCUT2D eigenvalue weighted by Crippen LogP contribution is -2.24. The number of Topliss-reactive ketones (excluding diaryl/α,β-unsaturated/α-hetero) is 1. The smallest absolute Gasteiger partial charge is 0.338 e. The number of esters is 1. The normalized spacial score (nSPS) is 13.9. The van der Waals surface area contributed by atoms with E-state index >= 15 is 0 Å². The number of methoxy groups -OCH3 is 1. The predicted octanol–water partition coefficient (Wildman–Crippen LogP) is 3.61. The second-order valence-electron chi connectivity index (χ2n) is 5.98. The minimum atomic E-state index is -0.820. The monoisotopic (exact) mass is 324 g/mol. The summed E-state index contributed by atoms with van der Waals surface area (Å²) in [5.41, 5.74) is 3.54. The molecule has 0 aliphatic heterocycles. The number of ether oxygens (including phenoxy) is 2. The van der Waals surface area contributed by atoms with Crippen LogP contribution in [-0.2, 0) is 17.6 Å². The molecule has 0 heterocycles. The largest absolute Gasteiger partial charge is 0.497 e. The Kier molecular flexibility index (Phi) is 4.65. The van der Waals surface area contributed by atoms with E-state index in [1.807, 2.05) is 18.2 Å². The van der Waals surface area contributed by atoms with Gasteiger partial charge in [0, 0.05) is 5.56 Å². The van der Waals surface area contributed by atoms with E-state index in [2.05, 4.69) is 0 Å². The molecule has 0 saturated carbocycles. The third kappa shape index (κ3) is 3.32. The summed E-state index contributed by atoms with van der Waals surface area (Å²) in [6, 6.07) is 12.4. The molecule has 124 valence electrons. The first kappa shape index (κ1) is 16.2. The molecule has 3 rings (SSSR count). The topological polar surface area (TPSA) is 52.6 Å². The maximum absolute atomic E-state index is 12.5. The fraction of sp³-hybridized carbons (Fsp3) is 0.300. The van der Waals surface area contributed by atoms with Crippen molar-refractivity contribution in [2.75, 3.05) is 7.11 Å².